The second kappa shape index (κ2) is 5.34. The van der Waals surface area contributed by atoms with E-state index < -0.39 is 0 Å². The van der Waals surface area contributed by atoms with Crippen LogP contribution in [-0.4, -0.2) is 6.04 Å². The van der Waals surface area contributed by atoms with Crippen LogP contribution in [0.1, 0.15) is 51.0 Å². The van der Waals surface area contributed by atoms with Crippen LogP contribution in [0.25, 0.3) is 0 Å². The molecule has 1 saturated carbocycles. The molecule has 0 saturated heterocycles. The van der Waals surface area contributed by atoms with Gasteiger partial charge in [-0.25, -0.2) is 0 Å². The lowest BCUT2D eigenvalue weighted by Gasteiger charge is -2.33. The molecule has 98 valence electrons. The normalized spacial score (nSPS) is 27.8. The van der Waals surface area contributed by atoms with Gasteiger partial charge in [-0.15, -0.1) is 0 Å². The van der Waals surface area contributed by atoms with E-state index in [0.29, 0.717) is 6.04 Å². The number of rotatable bonds is 3. The summed E-state index contributed by atoms with van der Waals surface area (Å²) in [6.45, 7) is 2.41. The Labute approximate surface area is 111 Å². The summed E-state index contributed by atoms with van der Waals surface area (Å²) in [5.74, 6) is 1.80. The molecule has 1 aromatic rings. The van der Waals surface area contributed by atoms with Gasteiger partial charge in [0.05, 0.1) is 0 Å². The van der Waals surface area contributed by atoms with Gasteiger partial charge in [-0.1, -0.05) is 50.8 Å². The molecule has 1 fully saturated rings. The minimum absolute atomic E-state index is 0.695. The van der Waals surface area contributed by atoms with E-state index in [1.54, 1.807) is 0 Å². The number of fused-ring (bicyclic) bond motifs is 1. The van der Waals surface area contributed by atoms with Crippen LogP contribution in [0.3, 0.4) is 0 Å². The fourth-order valence-electron chi connectivity index (χ4n) is 3.74. The van der Waals surface area contributed by atoms with Crippen LogP contribution in [0.2, 0.25) is 0 Å². The molecule has 1 aromatic carbocycles. The van der Waals surface area contributed by atoms with E-state index in [-0.39, 0.29) is 0 Å². The van der Waals surface area contributed by atoms with Crippen molar-refractivity contribution in [1.82, 2.24) is 0 Å². The van der Waals surface area contributed by atoms with Crippen molar-refractivity contribution in [2.45, 2.75) is 57.9 Å². The van der Waals surface area contributed by atoms with Crippen LogP contribution in [0.15, 0.2) is 24.3 Å². The van der Waals surface area contributed by atoms with Crippen molar-refractivity contribution in [1.29, 1.82) is 0 Å². The standard InChI is InChI=1S/C17H25N/c1-13-12-15-8-4-5-9-17(15)18-16(13)11-10-14-6-2-3-7-14/h4-5,8-9,13-14,16,18H,2-3,6-7,10-12H2,1H3. The first-order valence-corrected chi connectivity index (χ1v) is 7.67. The number of nitrogens with one attached hydrogen (secondary N) is 1. The second-order valence-corrected chi connectivity index (χ2v) is 6.32. The Balaban J connectivity index is 1.60. The van der Waals surface area contributed by atoms with Gasteiger partial charge in [-0.2, -0.15) is 0 Å². The number of anilines is 1. The predicted molar refractivity (Wildman–Crippen MR) is 77.9 cm³/mol. The highest BCUT2D eigenvalue weighted by atomic mass is 14.9. The highest BCUT2D eigenvalue weighted by Gasteiger charge is 2.25. The van der Waals surface area contributed by atoms with E-state index in [1.165, 1.54) is 56.2 Å². The third-order valence-corrected chi connectivity index (χ3v) is 4.95. The molecule has 1 heterocycles. The first-order valence-electron chi connectivity index (χ1n) is 7.67. The van der Waals surface area contributed by atoms with Crippen LogP contribution < -0.4 is 5.32 Å². The van der Waals surface area contributed by atoms with Crippen molar-refractivity contribution >= 4 is 5.69 Å². The lowest BCUT2D eigenvalue weighted by Crippen LogP contribution is -2.33. The molecule has 0 radical (unpaired) electrons. The number of para-hydroxylation sites is 1. The van der Waals surface area contributed by atoms with Crippen molar-refractivity contribution in [3.8, 4) is 0 Å². The topological polar surface area (TPSA) is 12.0 Å². The van der Waals surface area contributed by atoms with Crippen LogP contribution >= 0.6 is 0 Å². The quantitative estimate of drug-likeness (QED) is 0.816. The summed E-state index contributed by atoms with van der Waals surface area (Å²) in [5.41, 5.74) is 2.88. The van der Waals surface area contributed by atoms with Crippen molar-refractivity contribution in [3.05, 3.63) is 29.8 Å². The molecule has 0 spiro atoms. The third-order valence-electron chi connectivity index (χ3n) is 4.95. The maximum absolute atomic E-state index is 3.77. The van der Waals surface area contributed by atoms with Gasteiger partial charge in [0, 0.05) is 11.7 Å². The van der Waals surface area contributed by atoms with Gasteiger partial charge in [0.25, 0.3) is 0 Å². The molecule has 1 N–H and O–H groups in total. The molecule has 0 amide bonds. The van der Waals surface area contributed by atoms with Crippen molar-refractivity contribution in [2.24, 2.45) is 11.8 Å². The summed E-state index contributed by atoms with van der Waals surface area (Å²) >= 11 is 0. The average Bonchev–Trinajstić information content (AvgIpc) is 2.89. The molecular weight excluding hydrogens is 218 g/mol. The van der Waals surface area contributed by atoms with Gasteiger partial charge in [-0.3, -0.25) is 0 Å². The first kappa shape index (κ1) is 12.1. The predicted octanol–water partition coefficient (Wildman–Crippen LogP) is 4.63. The lowest BCUT2D eigenvalue weighted by atomic mass is 9.84. The minimum atomic E-state index is 0.695. The maximum Gasteiger partial charge on any atom is 0.0375 e. The SMILES string of the molecule is CC1Cc2ccccc2NC1CCC1CCCC1. The summed E-state index contributed by atoms with van der Waals surface area (Å²) in [6.07, 6.45) is 9.96. The molecule has 2 aliphatic rings. The van der Waals surface area contributed by atoms with Gasteiger partial charge in [0.1, 0.15) is 0 Å². The number of hydrogen-bond acceptors (Lipinski definition) is 1. The Bertz CT molecular complexity index is 392. The zero-order chi connectivity index (χ0) is 12.4. The Hall–Kier alpha value is -0.980. The molecule has 1 aliphatic carbocycles. The van der Waals surface area contributed by atoms with Crippen LogP contribution in [0, 0.1) is 11.8 Å². The Morgan fingerprint density at radius 1 is 1.11 bits per heavy atom. The molecule has 0 aromatic heterocycles. The summed E-state index contributed by atoms with van der Waals surface area (Å²) in [6, 6.07) is 9.51. The smallest absolute Gasteiger partial charge is 0.0375 e. The van der Waals surface area contributed by atoms with E-state index >= 15 is 0 Å². The number of hydrogen-bond donors (Lipinski definition) is 1. The Morgan fingerprint density at radius 2 is 1.89 bits per heavy atom. The number of benzene rings is 1. The molecule has 2 atom stereocenters. The lowest BCUT2D eigenvalue weighted by molar-refractivity contribution is 0.387. The van der Waals surface area contributed by atoms with Crippen molar-refractivity contribution < 1.29 is 0 Å². The van der Waals surface area contributed by atoms with Gasteiger partial charge < -0.3 is 5.32 Å². The largest absolute Gasteiger partial charge is 0.382 e. The van der Waals surface area contributed by atoms with E-state index in [1.807, 2.05) is 0 Å². The monoisotopic (exact) mass is 243 g/mol. The summed E-state index contributed by atoms with van der Waals surface area (Å²) in [7, 11) is 0. The highest BCUT2D eigenvalue weighted by molar-refractivity contribution is 5.54. The molecule has 1 aliphatic heterocycles. The van der Waals surface area contributed by atoms with Crippen molar-refractivity contribution in [2.75, 3.05) is 5.32 Å². The second-order valence-electron chi connectivity index (χ2n) is 6.32. The summed E-state index contributed by atoms with van der Waals surface area (Å²) < 4.78 is 0. The fraction of sp³-hybridized carbons (Fsp3) is 0.647. The molecule has 2 unspecified atom stereocenters. The van der Waals surface area contributed by atoms with Crippen LogP contribution in [0.5, 0.6) is 0 Å². The van der Waals surface area contributed by atoms with E-state index in [2.05, 4.69) is 36.5 Å². The zero-order valence-corrected chi connectivity index (χ0v) is 11.5. The highest BCUT2D eigenvalue weighted by Crippen LogP contribution is 2.33. The molecule has 1 nitrogen and oxygen atoms in total. The van der Waals surface area contributed by atoms with Gasteiger partial charge in [-0.05, 0) is 42.7 Å². The summed E-state index contributed by atoms with van der Waals surface area (Å²) in [5, 5.41) is 3.77. The first-order chi connectivity index (χ1) is 8.83. The zero-order valence-electron chi connectivity index (χ0n) is 11.5. The van der Waals surface area contributed by atoms with Gasteiger partial charge in [0.15, 0.2) is 0 Å². The molecule has 1 heteroatoms. The summed E-state index contributed by atoms with van der Waals surface area (Å²) in [4.78, 5) is 0. The molecular formula is C17H25N. The van der Waals surface area contributed by atoms with E-state index in [0.717, 1.165) is 11.8 Å². The average molecular weight is 243 g/mol. The van der Waals surface area contributed by atoms with Crippen LogP contribution in [0.4, 0.5) is 5.69 Å². The van der Waals surface area contributed by atoms with Gasteiger partial charge in [0.2, 0.25) is 0 Å². The Morgan fingerprint density at radius 3 is 2.72 bits per heavy atom. The van der Waals surface area contributed by atoms with E-state index in [9.17, 15) is 0 Å². The molecule has 0 bridgehead atoms. The van der Waals surface area contributed by atoms with Crippen LogP contribution in [-0.2, 0) is 6.42 Å². The maximum atomic E-state index is 3.77. The molecule has 18 heavy (non-hydrogen) atoms. The third kappa shape index (κ3) is 2.55. The van der Waals surface area contributed by atoms with Crippen molar-refractivity contribution in [3.63, 3.8) is 0 Å². The fourth-order valence-corrected chi connectivity index (χ4v) is 3.74. The molecule has 3 rings (SSSR count). The Kier molecular flexibility index (Phi) is 3.58. The van der Waals surface area contributed by atoms with Gasteiger partial charge >= 0.3 is 0 Å². The van der Waals surface area contributed by atoms with E-state index in [4.69, 9.17) is 0 Å². The minimum Gasteiger partial charge on any atom is -0.382 e.